The number of amides is 1. The molecule has 2 fully saturated rings. The number of halogens is 2. The second-order valence-electron chi connectivity index (χ2n) is 9.90. The molecule has 6 rings (SSSR count). The summed E-state index contributed by atoms with van der Waals surface area (Å²) in [6.45, 7) is 1.50. The van der Waals surface area contributed by atoms with Gasteiger partial charge in [-0.25, -0.2) is 13.3 Å². The van der Waals surface area contributed by atoms with Crippen LogP contribution in [0.5, 0.6) is 0 Å². The van der Waals surface area contributed by atoms with Gasteiger partial charge in [-0.3, -0.25) is 9.69 Å². The fourth-order valence-electron chi connectivity index (χ4n) is 4.58. The van der Waals surface area contributed by atoms with E-state index in [1.165, 1.54) is 0 Å². The molecule has 2 aromatic carbocycles. The number of nitrogens with one attached hydrogen (secondary N) is 2. The molecule has 9 heteroatoms. The third-order valence-corrected chi connectivity index (χ3v) is 6.92. The molecular formula is C28H28F2N6O. The number of carbonyl (C=O) groups excluding carboxylic acids is 1. The van der Waals surface area contributed by atoms with Gasteiger partial charge in [-0.15, -0.1) is 5.10 Å². The highest BCUT2D eigenvalue weighted by atomic mass is 19.3. The van der Waals surface area contributed by atoms with Crippen LogP contribution in [-0.4, -0.2) is 50.5 Å². The molecule has 4 aromatic rings. The molecular weight excluding hydrogens is 474 g/mol. The van der Waals surface area contributed by atoms with E-state index in [0.29, 0.717) is 42.8 Å². The molecule has 0 bridgehead atoms. The monoisotopic (exact) mass is 502 g/mol. The largest absolute Gasteiger partial charge is 0.349 e. The molecule has 2 aliphatic rings. The Bertz CT molecular complexity index is 1400. The van der Waals surface area contributed by atoms with Crippen LogP contribution in [0.4, 0.5) is 20.4 Å². The van der Waals surface area contributed by atoms with Crippen molar-refractivity contribution in [1.29, 1.82) is 0 Å². The second kappa shape index (κ2) is 9.55. The topological polar surface area (TPSA) is 74.6 Å². The number of carbonyl (C=O) groups is 1. The van der Waals surface area contributed by atoms with Crippen LogP contribution in [0, 0.1) is 0 Å². The van der Waals surface area contributed by atoms with Gasteiger partial charge in [0, 0.05) is 55.3 Å². The van der Waals surface area contributed by atoms with E-state index in [2.05, 4.69) is 25.6 Å². The summed E-state index contributed by atoms with van der Waals surface area (Å²) in [5.74, 6) is -2.12. The Balaban J connectivity index is 1.15. The number of nitrogens with zero attached hydrogens (tertiary/aromatic N) is 4. The van der Waals surface area contributed by atoms with Gasteiger partial charge in [-0.05, 0) is 54.8 Å². The molecule has 0 radical (unpaired) electrons. The van der Waals surface area contributed by atoms with Gasteiger partial charge >= 0.3 is 0 Å². The molecule has 0 spiro atoms. The summed E-state index contributed by atoms with van der Waals surface area (Å²) >= 11 is 0. The molecule has 3 heterocycles. The highest BCUT2D eigenvalue weighted by molar-refractivity contribution is 5.95. The lowest BCUT2D eigenvalue weighted by molar-refractivity contribution is -0.0566. The van der Waals surface area contributed by atoms with Gasteiger partial charge in [0.15, 0.2) is 5.65 Å². The van der Waals surface area contributed by atoms with E-state index >= 15 is 0 Å². The number of pyridine rings is 1. The average molecular weight is 503 g/mol. The van der Waals surface area contributed by atoms with Gasteiger partial charge in [0.05, 0.1) is 5.69 Å². The van der Waals surface area contributed by atoms with E-state index in [1.54, 1.807) is 16.6 Å². The first-order chi connectivity index (χ1) is 17.9. The van der Waals surface area contributed by atoms with Crippen molar-refractivity contribution in [2.45, 2.75) is 44.2 Å². The van der Waals surface area contributed by atoms with Crippen molar-refractivity contribution in [2.75, 3.05) is 18.4 Å². The standard InChI is InChI=1S/C28H28F2N6O/c29-28(30)14-16-35(17-15-28)18-19-4-6-20(7-5-19)24-2-1-3-25-33-27(34-36(24)25)32-23-10-8-21(9-11-23)26(37)31-22-12-13-22/h1-11,22H,12-18H2,(H,31,37)(H,32,34). The van der Waals surface area contributed by atoms with E-state index in [4.69, 9.17) is 0 Å². The summed E-state index contributed by atoms with van der Waals surface area (Å²) in [6.07, 6.45) is 1.96. The molecule has 0 atom stereocenters. The first-order valence-electron chi connectivity index (χ1n) is 12.7. The molecule has 2 aromatic heterocycles. The lowest BCUT2D eigenvalue weighted by Gasteiger charge is -2.31. The maximum Gasteiger partial charge on any atom is 0.251 e. The van der Waals surface area contributed by atoms with Gasteiger partial charge < -0.3 is 10.6 Å². The zero-order valence-corrected chi connectivity index (χ0v) is 20.3. The summed E-state index contributed by atoms with van der Waals surface area (Å²) in [4.78, 5) is 18.9. The van der Waals surface area contributed by atoms with Crippen molar-refractivity contribution in [2.24, 2.45) is 0 Å². The molecule has 1 saturated carbocycles. The number of hydrogen-bond donors (Lipinski definition) is 2. The van der Waals surface area contributed by atoms with Gasteiger partial charge in [0.25, 0.3) is 11.8 Å². The van der Waals surface area contributed by atoms with E-state index < -0.39 is 5.92 Å². The van der Waals surface area contributed by atoms with Gasteiger partial charge in [-0.2, -0.15) is 4.98 Å². The highest BCUT2D eigenvalue weighted by Gasteiger charge is 2.33. The molecule has 1 aliphatic heterocycles. The lowest BCUT2D eigenvalue weighted by Crippen LogP contribution is -2.38. The van der Waals surface area contributed by atoms with Crippen molar-refractivity contribution >= 4 is 23.2 Å². The lowest BCUT2D eigenvalue weighted by atomic mass is 10.0. The number of anilines is 2. The number of alkyl halides is 2. The second-order valence-corrected chi connectivity index (χ2v) is 9.90. The minimum atomic E-state index is -2.53. The van der Waals surface area contributed by atoms with Gasteiger partial charge in [0.2, 0.25) is 5.95 Å². The third-order valence-electron chi connectivity index (χ3n) is 6.92. The number of fused-ring (bicyclic) bond motifs is 1. The van der Waals surface area contributed by atoms with E-state index in [-0.39, 0.29) is 18.7 Å². The Hall–Kier alpha value is -3.85. The van der Waals surface area contributed by atoms with Crippen LogP contribution in [-0.2, 0) is 6.54 Å². The molecule has 190 valence electrons. The fourth-order valence-corrected chi connectivity index (χ4v) is 4.58. The summed E-state index contributed by atoms with van der Waals surface area (Å²) in [5, 5.41) is 10.9. The Morgan fingerprint density at radius 2 is 1.70 bits per heavy atom. The molecule has 1 amide bonds. The van der Waals surface area contributed by atoms with Crippen molar-refractivity contribution in [3.8, 4) is 11.3 Å². The maximum absolute atomic E-state index is 13.4. The molecule has 0 unspecified atom stereocenters. The van der Waals surface area contributed by atoms with Crippen LogP contribution in [0.2, 0.25) is 0 Å². The van der Waals surface area contributed by atoms with Crippen LogP contribution >= 0.6 is 0 Å². The number of hydrogen-bond acceptors (Lipinski definition) is 5. The number of benzene rings is 2. The Labute approximate surface area is 213 Å². The highest BCUT2D eigenvalue weighted by Crippen LogP contribution is 2.29. The van der Waals surface area contributed by atoms with Crippen LogP contribution in [0.15, 0.2) is 66.7 Å². The minimum absolute atomic E-state index is 0.0481. The summed E-state index contributed by atoms with van der Waals surface area (Å²) < 4.78 is 28.7. The fraction of sp³-hybridized carbons (Fsp3) is 0.321. The molecule has 2 N–H and O–H groups in total. The van der Waals surface area contributed by atoms with Crippen molar-refractivity contribution in [1.82, 2.24) is 24.8 Å². The summed E-state index contributed by atoms with van der Waals surface area (Å²) in [5.41, 5.74) is 5.11. The van der Waals surface area contributed by atoms with Crippen LogP contribution < -0.4 is 10.6 Å². The summed E-state index contributed by atoms with van der Waals surface area (Å²) in [7, 11) is 0. The number of piperidine rings is 1. The predicted molar refractivity (Wildman–Crippen MR) is 138 cm³/mol. The Morgan fingerprint density at radius 3 is 2.41 bits per heavy atom. The first-order valence-corrected chi connectivity index (χ1v) is 12.7. The van der Waals surface area contributed by atoms with E-state index in [9.17, 15) is 13.6 Å². The summed E-state index contributed by atoms with van der Waals surface area (Å²) in [6, 6.07) is 21.6. The number of rotatable bonds is 7. The first kappa shape index (κ1) is 23.5. The van der Waals surface area contributed by atoms with Crippen LogP contribution in [0.1, 0.15) is 41.6 Å². The van der Waals surface area contributed by atoms with Crippen LogP contribution in [0.3, 0.4) is 0 Å². The van der Waals surface area contributed by atoms with Gasteiger partial charge in [-0.1, -0.05) is 30.3 Å². The van der Waals surface area contributed by atoms with Gasteiger partial charge in [0.1, 0.15) is 0 Å². The van der Waals surface area contributed by atoms with Crippen molar-refractivity contribution in [3.63, 3.8) is 0 Å². The quantitative estimate of drug-likeness (QED) is 0.361. The molecule has 1 aliphatic carbocycles. The normalized spacial score (nSPS) is 17.6. The van der Waals surface area contributed by atoms with Crippen molar-refractivity contribution in [3.05, 3.63) is 77.9 Å². The number of likely N-dealkylation sites (tertiary alicyclic amines) is 1. The van der Waals surface area contributed by atoms with E-state index in [0.717, 1.165) is 35.3 Å². The smallest absolute Gasteiger partial charge is 0.251 e. The average Bonchev–Trinajstić information content (AvgIpc) is 3.61. The minimum Gasteiger partial charge on any atom is -0.349 e. The molecule has 37 heavy (non-hydrogen) atoms. The zero-order valence-electron chi connectivity index (χ0n) is 20.3. The van der Waals surface area contributed by atoms with Crippen LogP contribution in [0.25, 0.3) is 16.9 Å². The third kappa shape index (κ3) is 5.46. The number of aromatic nitrogens is 3. The maximum atomic E-state index is 13.4. The predicted octanol–water partition coefficient (Wildman–Crippen LogP) is 5.26. The Morgan fingerprint density at radius 1 is 0.973 bits per heavy atom. The Kier molecular flexibility index (Phi) is 6.08. The molecule has 1 saturated heterocycles. The molecule has 7 nitrogen and oxygen atoms in total. The zero-order chi connectivity index (χ0) is 25.4. The van der Waals surface area contributed by atoms with Crippen molar-refractivity contribution < 1.29 is 13.6 Å². The van der Waals surface area contributed by atoms with E-state index in [1.807, 2.05) is 54.6 Å². The SMILES string of the molecule is O=C(NC1CC1)c1ccc(Nc2nc3cccc(-c4ccc(CN5CCC(F)(F)CC5)cc4)n3n2)cc1.